The highest BCUT2D eigenvalue weighted by Crippen LogP contribution is 2.16. The molecule has 0 amide bonds. The van der Waals surface area contributed by atoms with Crippen LogP contribution < -0.4 is 21.0 Å². The van der Waals surface area contributed by atoms with Crippen LogP contribution in [-0.4, -0.2) is 41.3 Å². The zero-order valence-electron chi connectivity index (χ0n) is 16.9. The van der Waals surface area contributed by atoms with Gasteiger partial charge in [0.15, 0.2) is 0 Å². The van der Waals surface area contributed by atoms with Crippen molar-refractivity contribution in [3.63, 3.8) is 0 Å². The van der Waals surface area contributed by atoms with Gasteiger partial charge in [0.25, 0.3) is 0 Å². The highest BCUT2D eigenvalue weighted by molar-refractivity contribution is 5.80. The maximum atomic E-state index is 4.36. The van der Waals surface area contributed by atoms with E-state index in [4.69, 9.17) is 0 Å². The second-order valence-electron chi connectivity index (χ2n) is 6.18. The van der Waals surface area contributed by atoms with E-state index in [1.165, 1.54) is 5.69 Å². The van der Waals surface area contributed by atoms with Crippen molar-refractivity contribution < 1.29 is 0 Å². The molecule has 0 fully saturated rings. The van der Waals surface area contributed by atoms with Crippen LogP contribution in [-0.2, 0) is 0 Å². The van der Waals surface area contributed by atoms with Crippen LogP contribution in [0.4, 0.5) is 29.2 Å². The first-order valence-corrected chi connectivity index (χ1v) is 9.61. The molecule has 0 atom stereocenters. The van der Waals surface area contributed by atoms with Crippen LogP contribution in [0, 0.1) is 0 Å². The van der Waals surface area contributed by atoms with Crippen LogP contribution in [0.3, 0.4) is 0 Å². The van der Waals surface area contributed by atoms with E-state index in [0.717, 1.165) is 24.3 Å². The summed E-state index contributed by atoms with van der Waals surface area (Å²) in [5.74, 6) is 1.22. The van der Waals surface area contributed by atoms with Gasteiger partial charge in [-0.15, -0.1) is 0 Å². The third-order valence-corrected chi connectivity index (χ3v) is 4.29. The molecule has 0 spiro atoms. The predicted molar refractivity (Wildman–Crippen MR) is 120 cm³/mol. The van der Waals surface area contributed by atoms with Crippen LogP contribution in [0.1, 0.15) is 19.4 Å². The van der Waals surface area contributed by atoms with Gasteiger partial charge in [-0.05, 0) is 43.7 Å². The number of benzene rings is 2. The van der Waals surface area contributed by atoms with E-state index in [2.05, 4.69) is 67.0 Å². The van der Waals surface area contributed by atoms with Crippen molar-refractivity contribution in [3.8, 4) is 0 Å². The van der Waals surface area contributed by atoms with E-state index in [1.807, 2.05) is 42.5 Å². The first-order chi connectivity index (χ1) is 14.2. The molecule has 0 aliphatic heterocycles. The first kappa shape index (κ1) is 20.1. The smallest absolute Gasteiger partial charge is 0.250 e. The molecule has 3 aromatic rings. The van der Waals surface area contributed by atoms with Gasteiger partial charge in [0, 0.05) is 31.5 Å². The zero-order chi connectivity index (χ0) is 20.5. The molecule has 29 heavy (non-hydrogen) atoms. The fourth-order valence-electron chi connectivity index (χ4n) is 2.77. The number of nitrogens with one attached hydrogen (secondary N) is 3. The van der Waals surface area contributed by atoms with E-state index < -0.39 is 0 Å². The van der Waals surface area contributed by atoms with E-state index in [-0.39, 0.29) is 0 Å². The number of hydrogen-bond acceptors (Lipinski definition) is 8. The molecule has 0 saturated heterocycles. The summed E-state index contributed by atoms with van der Waals surface area (Å²) in [6.07, 6.45) is 1.74. The van der Waals surface area contributed by atoms with Crippen LogP contribution >= 0.6 is 0 Å². The molecule has 150 valence electrons. The zero-order valence-corrected chi connectivity index (χ0v) is 16.9. The SMILES string of the molecule is CCN(CC)c1ccc(/C=N\Nc2nc(NC)nc(Nc3ccccc3)n2)cc1. The minimum absolute atomic E-state index is 0.346. The number of aromatic nitrogens is 3. The van der Waals surface area contributed by atoms with Crippen LogP contribution in [0.2, 0.25) is 0 Å². The van der Waals surface area contributed by atoms with Crippen molar-refractivity contribution in [1.29, 1.82) is 0 Å². The molecule has 3 rings (SSSR count). The van der Waals surface area contributed by atoms with Gasteiger partial charge >= 0.3 is 0 Å². The minimum atomic E-state index is 0.346. The molecule has 3 N–H and O–H groups in total. The summed E-state index contributed by atoms with van der Waals surface area (Å²) in [7, 11) is 1.76. The molecule has 0 radical (unpaired) electrons. The molecule has 8 nitrogen and oxygen atoms in total. The van der Waals surface area contributed by atoms with E-state index in [1.54, 1.807) is 13.3 Å². The summed E-state index contributed by atoms with van der Waals surface area (Å²) in [4.78, 5) is 15.3. The van der Waals surface area contributed by atoms with Gasteiger partial charge in [-0.25, -0.2) is 5.43 Å². The number of para-hydroxylation sites is 1. The Bertz CT molecular complexity index is 921. The normalized spacial score (nSPS) is 10.7. The molecule has 8 heteroatoms. The van der Waals surface area contributed by atoms with Crippen molar-refractivity contribution >= 4 is 35.4 Å². The minimum Gasteiger partial charge on any atom is -0.372 e. The molecule has 0 saturated carbocycles. The Morgan fingerprint density at radius 1 is 0.862 bits per heavy atom. The molecule has 1 heterocycles. The molecule has 0 unspecified atom stereocenters. The number of anilines is 5. The molecule has 0 aliphatic carbocycles. The molecular formula is C21H26N8. The third kappa shape index (κ3) is 5.65. The van der Waals surface area contributed by atoms with Crippen molar-refractivity contribution in [2.45, 2.75) is 13.8 Å². The Kier molecular flexibility index (Phi) is 6.94. The summed E-state index contributed by atoms with van der Waals surface area (Å²) in [5, 5.41) is 10.3. The third-order valence-electron chi connectivity index (χ3n) is 4.29. The maximum absolute atomic E-state index is 4.36. The van der Waals surface area contributed by atoms with Gasteiger partial charge in [-0.2, -0.15) is 20.1 Å². The molecular weight excluding hydrogens is 364 g/mol. The fraction of sp³-hybridized carbons (Fsp3) is 0.238. The summed E-state index contributed by atoms with van der Waals surface area (Å²) in [6.45, 7) is 6.27. The van der Waals surface area contributed by atoms with Crippen LogP contribution in [0.15, 0.2) is 59.7 Å². The van der Waals surface area contributed by atoms with E-state index in [9.17, 15) is 0 Å². The summed E-state index contributed by atoms with van der Waals surface area (Å²) in [5.41, 5.74) is 5.95. The molecule has 0 bridgehead atoms. The average Bonchev–Trinajstić information content (AvgIpc) is 2.76. The highest BCUT2D eigenvalue weighted by atomic mass is 15.4. The summed E-state index contributed by atoms with van der Waals surface area (Å²) < 4.78 is 0. The standard InChI is InChI=1S/C21H26N8/c1-4-29(5-2)18-13-11-16(12-14-18)15-23-28-21-26-19(22-3)25-20(27-21)24-17-9-7-6-8-10-17/h6-15H,4-5H2,1-3H3,(H3,22,24,25,26,27,28)/b23-15-. The number of rotatable bonds is 9. The summed E-state index contributed by atoms with van der Waals surface area (Å²) in [6, 6.07) is 18.0. The van der Waals surface area contributed by atoms with E-state index >= 15 is 0 Å². The maximum Gasteiger partial charge on any atom is 0.250 e. The lowest BCUT2D eigenvalue weighted by molar-refractivity contribution is 0.866. The lowest BCUT2D eigenvalue weighted by atomic mass is 10.2. The van der Waals surface area contributed by atoms with Gasteiger partial charge in [0.05, 0.1) is 6.21 Å². The number of nitrogens with zero attached hydrogens (tertiary/aromatic N) is 5. The van der Waals surface area contributed by atoms with Gasteiger partial charge in [-0.1, -0.05) is 30.3 Å². The lowest BCUT2D eigenvalue weighted by Gasteiger charge is -2.20. The van der Waals surface area contributed by atoms with Gasteiger partial charge < -0.3 is 15.5 Å². The Hall–Kier alpha value is -3.68. The topological polar surface area (TPSA) is 90.4 Å². The Balaban J connectivity index is 1.68. The Labute approximate surface area is 171 Å². The predicted octanol–water partition coefficient (Wildman–Crippen LogP) is 3.95. The molecule has 0 aliphatic rings. The van der Waals surface area contributed by atoms with Crippen molar-refractivity contribution in [3.05, 3.63) is 60.2 Å². The monoisotopic (exact) mass is 390 g/mol. The van der Waals surface area contributed by atoms with E-state index in [0.29, 0.717) is 17.8 Å². The largest absolute Gasteiger partial charge is 0.372 e. The molecule has 1 aromatic heterocycles. The fourth-order valence-corrected chi connectivity index (χ4v) is 2.77. The second-order valence-corrected chi connectivity index (χ2v) is 6.18. The van der Waals surface area contributed by atoms with Crippen LogP contribution in [0.25, 0.3) is 0 Å². The van der Waals surface area contributed by atoms with Crippen molar-refractivity contribution in [1.82, 2.24) is 15.0 Å². The van der Waals surface area contributed by atoms with Crippen molar-refractivity contribution in [2.75, 3.05) is 41.1 Å². The van der Waals surface area contributed by atoms with Gasteiger partial charge in [-0.3, -0.25) is 0 Å². The summed E-state index contributed by atoms with van der Waals surface area (Å²) >= 11 is 0. The Morgan fingerprint density at radius 2 is 1.52 bits per heavy atom. The highest BCUT2D eigenvalue weighted by Gasteiger charge is 2.05. The first-order valence-electron chi connectivity index (χ1n) is 9.61. The molecule has 2 aromatic carbocycles. The van der Waals surface area contributed by atoms with Crippen molar-refractivity contribution in [2.24, 2.45) is 5.10 Å². The average molecular weight is 390 g/mol. The Morgan fingerprint density at radius 3 is 2.17 bits per heavy atom. The lowest BCUT2D eigenvalue weighted by Crippen LogP contribution is -2.21. The number of hydrogen-bond donors (Lipinski definition) is 3. The van der Waals surface area contributed by atoms with Crippen LogP contribution in [0.5, 0.6) is 0 Å². The van der Waals surface area contributed by atoms with Gasteiger partial charge in [0.2, 0.25) is 17.8 Å². The second kappa shape index (κ2) is 10.0. The van der Waals surface area contributed by atoms with Gasteiger partial charge in [0.1, 0.15) is 0 Å². The quantitative estimate of drug-likeness (QED) is 0.376. The number of hydrazone groups is 1.